The molecule has 0 amide bonds. The van der Waals surface area contributed by atoms with Gasteiger partial charge in [-0.2, -0.15) is 0 Å². The van der Waals surface area contributed by atoms with Crippen molar-refractivity contribution in [2.45, 2.75) is 20.0 Å². The number of nitrogens with one attached hydrogen (secondary N) is 2. The summed E-state index contributed by atoms with van der Waals surface area (Å²) in [5, 5.41) is 7.21. The SMILES string of the molecule is CN=C(NCc1nc2ccc(C)cc2[nH]1)N(C)Cc1ccon1. The minimum Gasteiger partial charge on any atom is -0.364 e. The Morgan fingerprint density at radius 1 is 1.39 bits per heavy atom. The maximum Gasteiger partial charge on any atom is 0.194 e. The Labute approximate surface area is 134 Å². The fourth-order valence-corrected chi connectivity index (χ4v) is 2.44. The van der Waals surface area contributed by atoms with Gasteiger partial charge in [-0.25, -0.2) is 4.98 Å². The Morgan fingerprint density at radius 2 is 2.26 bits per heavy atom. The third-order valence-electron chi connectivity index (χ3n) is 3.56. The van der Waals surface area contributed by atoms with Gasteiger partial charge in [-0.3, -0.25) is 4.99 Å². The standard InChI is InChI=1S/C16H20N6O/c1-11-4-5-13-14(8-11)20-15(19-13)9-18-16(17-2)22(3)10-12-6-7-23-21-12/h4-8H,9-10H2,1-3H3,(H,17,18)(H,19,20). The molecule has 0 aliphatic heterocycles. The molecule has 0 unspecified atom stereocenters. The molecule has 3 rings (SSSR count). The van der Waals surface area contributed by atoms with Gasteiger partial charge in [0.25, 0.3) is 0 Å². The first-order valence-corrected chi connectivity index (χ1v) is 7.42. The minimum absolute atomic E-state index is 0.573. The van der Waals surface area contributed by atoms with Crippen molar-refractivity contribution in [2.24, 2.45) is 4.99 Å². The Kier molecular flexibility index (Phi) is 4.27. The van der Waals surface area contributed by atoms with Crippen LogP contribution >= 0.6 is 0 Å². The van der Waals surface area contributed by atoms with Gasteiger partial charge in [0.2, 0.25) is 0 Å². The molecule has 2 N–H and O–H groups in total. The summed E-state index contributed by atoms with van der Waals surface area (Å²) in [5.74, 6) is 1.64. The lowest BCUT2D eigenvalue weighted by Gasteiger charge is -2.20. The van der Waals surface area contributed by atoms with E-state index < -0.39 is 0 Å². The van der Waals surface area contributed by atoms with Gasteiger partial charge < -0.3 is 19.7 Å². The first-order chi connectivity index (χ1) is 11.2. The van der Waals surface area contributed by atoms with E-state index in [0.717, 1.165) is 28.5 Å². The molecule has 0 aliphatic rings. The second-order valence-electron chi connectivity index (χ2n) is 5.45. The van der Waals surface area contributed by atoms with Crippen LogP contribution < -0.4 is 5.32 Å². The molecule has 0 fully saturated rings. The van der Waals surface area contributed by atoms with Crippen molar-refractivity contribution in [1.82, 2.24) is 25.3 Å². The van der Waals surface area contributed by atoms with Gasteiger partial charge in [0.15, 0.2) is 5.96 Å². The zero-order chi connectivity index (χ0) is 16.2. The van der Waals surface area contributed by atoms with Gasteiger partial charge >= 0.3 is 0 Å². The first kappa shape index (κ1) is 15.1. The topological polar surface area (TPSA) is 82.3 Å². The molecule has 120 valence electrons. The average Bonchev–Trinajstić information content (AvgIpc) is 3.16. The number of imidazole rings is 1. The summed E-state index contributed by atoms with van der Waals surface area (Å²) in [6.07, 6.45) is 1.57. The largest absolute Gasteiger partial charge is 0.364 e. The van der Waals surface area contributed by atoms with E-state index in [2.05, 4.69) is 44.5 Å². The van der Waals surface area contributed by atoms with Crippen LogP contribution in [0.15, 0.2) is 40.0 Å². The van der Waals surface area contributed by atoms with Gasteiger partial charge in [-0.05, 0) is 24.6 Å². The zero-order valence-electron chi connectivity index (χ0n) is 13.5. The van der Waals surface area contributed by atoms with Crippen molar-refractivity contribution in [2.75, 3.05) is 14.1 Å². The van der Waals surface area contributed by atoms with Crippen LogP contribution in [0.3, 0.4) is 0 Å². The molecule has 7 heteroatoms. The summed E-state index contributed by atoms with van der Waals surface area (Å²) >= 11 is 0. The van der Waals surface area contributed by atoms with E-state index in [9.17, 15) is 0 Å². The fraction of sp³-hybridized carbons (Fsp3) is 0.312. The molecular formula is C16H20N6O. The molecule has 0 atom stereocenters. The second kappa shape index (κ2) is 6.51. The van der Waals surface area contributed by atoms with Crippen LogP contribution in [0.4, 0.5) is 0 Å². The first-order valence-electron chi connectivity index (χ1n) is 7.42. The number of H-pyrrole nitrogens is 1. The molecule has 1 aromatic carbocycles. The molecule has 7 nitrogen and oxygen atoms in total. The van der Waals surface area contributed by atoms with Crippen LogP contribution in [0, 0.1) is 6.92 Å². The van der Waals surface area contributed by atoms with E-state index in [1.807, 2.05) is 24.1 Å². The fourth-order valence-electron chi connectivity index (χ4n) is 2.44. The summed E-state index contributed by atoms with van der Waals surface area (Å²) in [7, 11) is 3.70. The van der Waals surface area contributed by atoms with Gasteiger partial charge in [0.1, 0.15) is 17.8 Å². The van der Waals surface area contributed by atoms with E-state index in [4.69, 9.17) is 4.52 Å². The minimum atomic E-state index is 0.573. The predicted molar refractivity (Wildman–Crippen MR) is 89.0 cm³/mol. The van der Waals surface area contributed by atoms with E-state index in [0.29, 0.717) is 13.1 Å². The number of fused-ring (bicyclic) bond motifs is 1. The van der Waals surface area contributed by atoms with E-state index in [1.165, 1.54) is 5.56 Å². The quantitative estimate of drug-likeness (QED) is 0.569. The van der Waals surface area contributed by atoms with Crippen molar-refractivity contribution in [1.29, 1.82) is 0 Å². The number of benzene rings is 1. The number of nitrogens with zero attached hydrogens (tertiary/aromatic N) is 4. The van der Waals surface area contributed by atoms with Crippen LogP contribution in [0.25, 0.3) is 11.0 Å². The Bertz CT molecular complexity index is 805. The monoisotopic (exact) mass is 312 g/mol. The van der Waals surface area contributed by atoms with E-state index >= 15 is 0 Å². The van der Waals surface area contributed by atoms with Crippen molar-refractivity contribution < 1.29 is 4.52 Å². The number of aryl methyl sites for hydroxylation is 1. The lowest BCUT2D eigenvalue weighted by atomic mass is 10.2. The number of aromatic amines is 1. The summed E-state index contributed by atoms with van der Waals surface area (Å²) in [5.41, 5.74) is 4.09. The summed E-state index contributed by atoms with van der Waals surface area (Å²) < 4.78 is 4.85. The number of guanidine groups is 1. The normalized spacial score (nSPS) is 11.9. The van der Waals surface area contributed by atoms with Crippen LogP contribution in [0.5, 0.6) is 0 Å². The lowest BCUT2D eigenvalue weighted by molar-refractivity contribution is 0.391. The van der Waals surface area contributed by atoms with Crippen molar-refractivity contribution in [3.05, 3.63) is 47.6 Å². The number of aromatic nitrogens is 3. The molecule has 0 saturated heterocycles. The molecule has 3 aromatic rings. The summed E-state index contributed by atoms with van der Waals surface area (Å²) in [6.45, 7) is 3.26. The molecule has 0 radical (unpaired) electrons. The molecule has 0 spiro atoms. The van der Waals surface area contributed by atoms with Gasteiger partial charge in [-0.1, -0.05) is 11.2 Å². The van der Waals surface area contributed by atoms with Gasteiger partial charge in [0.05, 0.1) is 24.1 Å². The number of hydrogen-bond donors (Lipinski definition) is 2. The zero-order valence-corrected chi connectivity index (χ0v) is 13.5. The molecule has 0 saturated carbocycles. The van der Waals surface area contributed by atoms with Gasteiger partial charge in [-0.15, -0.1) is 0 Å². The van der Waals surface area contributed by atoms with E-state index in [-0.39, 0.29) is 0 Å². The molecule has 0 bridgehead atoms. The van der Waals surface area contributed by atoms with Crippen LogP contribution in [-0.2, 0) is 13.1 Å². The van der Waals surface area contributed by atoms with Crippen molar-refractivity contribution in [3.63, 3.8) is 0 Å². The third kappa shape index (κ3) is 3.50. The number of rotatable bonds is 4. The summed E-state index contributed by atoms with van der Waals surface area (Å²) in [4.78, 5) is 14.2. The maximum atomic E-state index is 4.85. The smallest absolute Gasteiger partial charge is 0.194 e. The highest BCUT2D eigenvalue weighted by Gasteiger charge is 2.09. The predicted octanol–water partition coefficient (Wildman–Crippen LogP) is 2.07. The number of aliphatic imine (C=N–C) groups is 1. The molecule has 2 heterocycles. The third-order valence-corrected chi connectivity index (χ3v) is 3.56. The van der Waals surface area contributed by atoms with Crippen LogP contribution in [0.2, 0.25) is 0 Å². The molecular weight excluding hydrogens is 292 g/mol. The Hall–Kier alpha value is -2.83. The lowest BCUT2D eigenvalue weighted by Crippen LogP contribution is -2.38. The highest BCUT2D eigenvalue weighted by Crippen LogP contribution is 2.13. The summed E-state index contributed by atoms with van der Waals surface area (Å²) in [6, 6.07) is 8.02. The highest BCUT2D eigenvalue weighted by atomic mass is 16.5. The Balaban J connectivity index is 1.64. The number of hydrogen-bond acceptors (Lipinski definition) is 4. The maximum absolute atomic E-state index is 4.85. The van der Waals surface area contributed by atoms with E-state index in [1.54, 1.807) is 13.3 Å². The van der Waals surface area contributed by atoms with Crippen LogP contribution in [-0.4, -0.2) is 40.1 Å². The average molecular weight is 312 g/mol. The molecule has 0 aliphatic carbocycles. The molecule has 2 aromatic heterocycles. The highest BCUT2D eigenvalue weighted by molar-refractivity contribution is 5.80. The van der Waals surface area contributed by atoms with Gasteiger partial charge in [0, 0.05) is 20.2 Å². The molecule has 23 heavy (non-hydrogen) atoms. The Morgan fingerprint density at radius 3 is 3.00 bits per heavy atom. The van der Waals surface area contributed by atoms with Crippen molar-refractivity contribution in [3.8, 4) is 0 Å². The van der Waals surface area contributed by atoms with Crippen molar-refractivity contribution >= 4 is 17.0 Å². The van der Waals surface area contributed by atoms with Crippen LogP contribution in [0.1, 0.15) is 17.1 Å². The second-order valence-corrected chi connectivity index (χ2v) is 5.45.